The molecule has 1 aliphatic heterocycles. The van der Waals surface area contributed by atoms with Gasteiger partial charge in [0, 0.05) is 61.7 Å². The minimum atomic E-state index is 0.815. The Morgan fingerprint density at radius 1 is 1.15 bits per heavy atom. The first kappa shape index (κ1) is 19.2. The number of piperazine rings is 1. The number of rotatable bonds is 7. The molecule has 0 bridgehead atoms. The molecule has 1 fully saturated rings. The molecule has 0 saturated carbocycles. The maximum atomic E-state index is 6.11. The third-order valence-corrected chi connectivity index (χ3v) is 5.57. The molecular formula is C20H30ClN5. The number of nitrogens with zero attached hydrogens (tertiary/aromatic N) is 4. The molecule has 0 atom stereocenters. The van der Waals surface area contributed by atoms with Crippen LogP contribution in [0.3, 0.4) is 0 Å². The molecule has 6 heteroatoms. The van der Waals surface area contributed by atoms with Crippen LogP contribution in [0.5, 0.6) is 0 Å². The summed E-state index contributed by atoms with van der Waals surface area (Å²) in [5, 5.41) is 8.86. The molecule has 5 nitrogen and oxygen atoms in total. The Kier molecular flexibility index (Phi) is 6.57. The van der Waals surface area contributed by atoms with Crippen molar-refractivity contribution in [2.75, 3.05) is 44.2 Å². The van der Waals surface area contributed by atoms with Gasteiger partial charge in [0.25, 0.3) is 0 Å². The van der Waals surface area contributed by atoms with E-state index >= 15 is 0 Å². The van der Waals surface area contributed by atoms with Crippen molar-refractivity contribution in [3.63, 3.8) is 0 Å². The lowest BCUT2D eigenvalue weighted by molar-refractivity contribution is 0.254. The maximum absolute atomic E-state index is 6.11. The summed E-state index contributed by atoms with van der Waals surface area (Å²) >= 11 is 6.11. The van der Waals surface area contributed by atoms with E-state index in [0.29, 0.717) is 0 Å². The van der Waals surface area contributed by atoms with Crippen LogP contribution in [0, 0.1) is 13.8 Å². The second-order valence-electron chi connectivity index (χ2n) is 7.11. The van der Waals surface area contributed by atoms with Crippen LogP contribution in [0.25, 0.3) is 0 Å². The van der Waals surface area contributed by atoms with Gasteiger partial charge in [0.05, 0.1) is 5.69 Å². The molecule has 2 aromatic rings. The Hall–Kier alpha value is -1.56. The van der Waals surface area contributed by atoms with Gasteiger partial charge in [0.2, 0.25) is 0 Å². The standard InChI is InChI=1S/C20H30ClN5/c1-16-20(17(2)24(3)23-16)15-22-8-5-9-25-10-12-26(13-11-25)19-7-4-6-18(21)14-19/h4,6-7,14,22H,5,8-13,15H2,1-3H3. The molecule has 0 spiro atoms. The third kappa shape index (κ3) is 4.78. The third-order valence-electron chi connectivity index (χ3n) is 5.33. The monoisotopic (exact) mass is 375 g/mol. The van der Waals surface area contributed by atoms with Crippen molar-refractivity contribution >= 4 is 17.3 Å². The number of hydrogen-bond donors (Lipinski definition) is 1. The lowest BCUT2D eigenvalue weighted by Crippen LogP contribution is -2.47. The quantitative estimate of drug-likeness (QED) is 0.755. The summed E-state index contributed by atoms with van der Waals surface area (Å²) in [5.74, 6) is 0. The SMILES string of the molecule is Cc1nn(C)c(C)c1CNCCCN1CCN(c2cccc(Cl)c2)CC1. The van der Waals surface area contributed by atoms with Gasteiger partial charge >= 0.3 is 0 Å². The van der Waals surface area contributed by atoms with Gasteiger partial charge < -0.3 is 10.2 Å². The van der Waals surface area contributed by atoms with E-state index in [9.17, 15) is 0 Å². The van der Waals surface area contributed by atoms with E-state index in [1.165, 1.54) is 23.4 Å². The zero-order chi connectivity index (χ0) is 18.5. The molecule has 2 heterocycles. The smallest absolute Gasteiger partial charge is 0.0641 e. The molecule has 1 aromatic heterocycles. The van der Waals surface area contributed by atoms with Gasteiger partial charge in [0.1, 0.15) is 0 Å². The van der Waals surface area contributed by atoms with Gasteiger partial charge in [0.15, 0.2) is 0 Å². The average Bonchev–Trinajstić information content (AvgIpc) is 2.88. The van der Waals surface area contributed by atoms with Crippen molar-refractivity contribution in [1.82, 2.24) is 20.0 Å². The van der Waals surface area contributed by atoms with E-state index in [1.807, 2.05) is 23.9 Å². The summed E-state index contributed by atoms with van der Waals surface area (Å²) in [6, 6.07) is 8.17. The topological polar surface area (TPSA) is 36.3 Å². The number of aryl methyl sites for hydroxylation is 2. The first-order valence-corrected chi connectivity index (χ1v) is 9.85. The number of benzene rings is 1. The van der Waals surface area contributed by atoms with Crippen LogP contribution >= 0.6 is 11.6 Å². The first-order valence-electron chi connectivity index (χ1n) is 9.47. The van der Waals surface area contributed by atoms with Crippen LogP contribution in [0.4, 0.5) is 5.69 Å². The predicted molar refractivity (Wildman–Crippen MR) is 109 cm³/mol. The van der Waals surface area contributed by atoms with Crippen LogP contribution in [-0.4, -0.2) is 53.9 Å². The van der Waals surface area contributed by atoms with Crippen molar-refractivity contribution < 1.29 is 0 Å². The minimum absolute atomic E-state index is 0.815. The minimum Gasteiger partial charge on any atom is -0.369 e. The van der Waals surface area contributed by atoms with E-state index < -0.39 is 0 Å². The van der Waals surface area contributed by atoms with Crippen LogP contribution in [0.1, 0.15) is 23.4 Å². The van der Waals surface area contributed by atoms with Crippen LogP contribution in [-0.2, 0) is 13.6 Å². The Morgan fingerprint density at radius 3 is 2.58 bits per heavy atom. The summed E-state index contributed by atoms with van der Waals surface area (Å²) in [7, 11) is 2.01. The summed E-state index contributed by atoms with van der Waals surface area (Å²) in [6.07, 6.45) is 1.18. The average molecular weight is 376 g/mol. The van der Waals surface area contributed by atoms with Crippen LogP contribution < -0.4 is 10.2 Å². The molecule has 0 aliphatic carbocycles. The highest BCUT2D eigenvalue weighted by Gasteiger charge is 2.17. The van der Waals surface area contributed by atoms with Crippen molar-refractivity contribution in [3.8, 4) is 0 Å². The summed E-state index contributed by atoms with van der Waals surface area (Å²) in [5.41, 5.74) is 4.96. The molecule has 0 unspecified atom stereocenters. The highest BCUT2D eigenvalue weighted by molar-refractivity contribution is 6.30. The van der Waals surface area contributed by atoms with Gasteiger partial charge in [-0.3, -0.25) is 9.58 Å². The molecular weight excluding hydrogens is 346 g/mol. The number of nitrogens with one attached hydrogen (secondary N) is 1. The molecule has 0 radical (unpaired) electrons. The zero-order valence-electron chi connectivity index (χ0n) is 16.1. The van der Waals surface area contributed by atoms with E-state index in [0.717, 1.165) is 56.5 Å². The van der Waals surface area contributed by atoms with E-state index in [2.05, 4.69) is 46.2 Å². The summed E-state index contributed by atoms with van der Waals surface area (Å²) < 4.78 is 1.96. The van der Waals surface area contributed by atoms with Crippen molar-refractivity contribution in [2.24, 2.45) is 7.05 Å². The van der Waals surface area contributed by atoms with Gasteiger partial charge in [-0.1, -0.05) is 17.7 Å². The first-order chi connectivity index (χ1) is 12.5. The van der Waals surface area contributed by atoms with Crippen molar-refractivity contribution in [2.45, 2.75) is 26.8 Å². The fourth-order valence-electron chi connectivity index (χ4n) is 3.62. The normalized spacial score (nSPS) is 15.6. The molecule has 0 amide bonds. The van der Waals surface area contributed by atoms with Crippen LogP contribution in [0.15, 0.2) is 24.3 Å². The fourth-order valence-corrected chi connectivity index (χ4v) is 3.80. The highest BCUT2D eigenvalue weighted by atomic mass is 35.5. The van der Waals surface area contributed by atoms with Gasteiger partial charge in [-0.25, -0.2) is 0 Å². The zero-order valence-corrected chi connectivity index (χ0v) is 16.9. The molecule has 3 rings (SSSR count). The molecule has 1 saturated heterocycles. The Morgan fingerprint density at radius 2 is 1.92 bits per heavy atom. The van der Waals surface area contributed by atoms with Crippen LogP contribution in [0.2, 0.25) is 5.02 Å². The van der Waals surface area contributed by atoms with Gasteiger partial charge in [-0.15, -0.1) is 0 Å². The van der Waals surface area contributed by atoms with Gasteiger partial charge in [-0.05, 0) is 51.6 Å². The second kappa shape index (κ2) is 8.89. The second-order valence-corrected chi connectivity index (χ2v) is 7.55. The van der Waals surface area contributed by atoms with E-state index in [1.54, 1.807) is 0 Å². The lowest BCUT2D eigenvalue weighted by Gasteiger charge is -2.36. The molecule has 1 aliphatic rings. The van der Waals surface area contributed by atoms with Crippen molar-refractivity contribution in [3.05, 3.63) is 46.2 Å². The highest BCUT2D eigenvalue weighted by Crippen LogP contribution is 2.20. The Balaban J connectivity index is 1.34. The fraction of sp³-hybridized carbons (Fsp3) is 0.550. The summed E-state index contributed by atoms with van der Waals surface area (Å²) in [6.45, 7) is 11.7. The maximum Gasteiger partial charge on any atom is 0.0641 e. The molecule has 1 N–H and O–H groups in total. The Labute approximate surface area is 161 Å². The van der Waals surface area contributed by atoms with Gasteiger partial charge in [-0.2, -0.15) is 5.10 Å². The molecule has 142 valence electrons. The Bertz CT molecular complexity index is 719. The molecule has 26 heavy (non-hydrogen) atoms. The molecule has 1 aromatic carbocycles. The lowest BCUT2D eigenvalue weighted by atomic mass is 10.2. The number of anilines is 1. The van der Waals surface area contributed by atoms with E-state index in [4.69, 9.17) is 11.6 Å². The number of hydrogen-bond acceptors (Lipinski definition) is 4. The summed E-state index contributed by atoms with van der Waals surface area (Å²) in [4.78, 5) is 4.98. The predicted octanol–water partition coefficient (Wildman–Crippen LogP) is 2.99. The van der Waals surface area contributed by atoms with E-state index in [-0.39, 0.29) is 0 Å². The number of halogens is 1. The number of aromatic nitrogens is 2. The largest absolute Gasteiger partial charge is 0.369 e. The van der Waals surface area contributed by atoms with Crippen molar-refractivity contribution in [1.29, 1.82) is 0 Å².